The molecule has 0 saturated carbocycles. The van der Waals surface area contributed by atoms with E-state index in [1.807, 2.05) is 26.0 Å². The quantitative estimate of drug-likeness (QED) is 0.638. The summed E-state index contributed by atoms with van der Waals surface area (Å²) in [6, 6.07) is 6.09. The van der Waals surface area contributed by atoms with Crippen molar-refractivity contribution in [3.8, 4) is 6.07 Å². The van der Waals surface area contributed by atoms with E-state index in [1.165, 1.54) is 0 Å². The third-order valence-electron chi connectivity index (χ3n) is 1.89. The molecule has 2 nitrogen and oxygen atoms in total. The van der Waals surface area contributed by atoms with Crippen molar-refractivity contribution in [3.63, 3.8) is 0 Å². The van der Waals surface area contributed by atoms with Crippen LogP contribution in [0.5, 0.6) is 0 Å². The highest BCUT2D eigenvalue weighted by Gasteiger charge is 2.01. The second kappa shape index (κ2) is 3.27. The van der Waals surface area contributed by atoms with Crippen molar-refractivity contribution in [1.82, 2.24) is 0 Å². The van der Waals surface area contributed by atoms with Gasteiger partial charge in [0.2, 0.25) is 0 Å². The molecule has 0 fully saturated rings. The van der Waals surface area contributed by atoms with Gasteiger partial charge in [-0.3, -0.25) is 0 Å². The number of nitriles is 1. The number of nitrogens with two attached hydrogens (primary N) is 1. The second-order valence-corrected chi connectivity index (χ2v) is 2.99. The highest BCUT2D eigenvalue weighted by atomic mass is 14.6. The summed E-state index contributed by atoms with van der Waals surface area (Å²) in [5, 5.41) is 8.52. The molecule has 2 heteroatoms. The van der Waals surface area contributed by atoms with Crippen LogP contribution in [0.15, 0.2) is 12.1 Å². The number of nitrogens with zero attached hydrogens (tertiary/aromatic N) is 1. The fourth-order valence-corrected chi connectivity index (χ4v) is 1.30. The van der Waals surface area contributed by atoms with E-state index in [-0.39, 0.29) is 0 Å². The van der Waals surface area contributed by atoms with Crippen LogP contribution in [-0.2, 0) is 6.42 Å². The first-order chi connectivity index (χ1) is 5.65. The minimum absolute atomic E-state index is 0.397. The molecule has 0 aromatic heterocycles. The Morgan fingerprint density at radius 1 is 1.42 bits per heavy atom. The number of anilines is 1. The molecule has 0 saturated heterocycles. The summed E-state index contributed by atoms with van der Waals surface area (Å²) < 4.78 is 0. The van der Waals surface area contributed by atoms with Gasteiger partial charge in [0.15, 0.2) is 0 Å². The van der Waals surface area contributed by atoms with E-state index in [0.717, 1.165) is 22.4 Å². The van der Waals surface area contributed by atoms with Crippen molar-refractivity contribution >= 4 is 5.69 Å². The average Bonchev–Trinajstić information content (AvgIpc) is 2.00. The Morgan fingerprint density at radius 2 is 2.08 bits per heavy atom. The molecule has 2 N–H and O–H groups in total. The summed E-state index contributed by atoms with van der Waals surface area (Å²) in [6.07, 6.45) is 0.397. The van der Waals surface area contributed by atoms with Crippen LogP contribution in [0, 0.1) is 25.2 Å². The third kappa shape index (κ3) is 1.57. The van der Waals surface area contributed by atoms with Crippen LogP contribution in [0.2, 0.25) is 0 Å². The van der Waals surface area contributed by atoms with Gasteiger partial charge in [0.05, 0.1) is 12.5 Å². The molecule has 0 amide bonds. The lowest BCUT2D eigenvalue weighted by Gasteiger charge is -2.06. The van der Waals surface area contributed by atoms with E-state index in [4.69, 9.17) is 11.0 Å². The smallest absolute Gasteiger partial charge is 0.0670 e. The Hall–Kier alpha value is -1.49. The molecule has 12 heavy (non-hydrogen) atoms. The lowest BCUT2D eigenvalue weighted by Crippen LogP contribution is -1.97. The molecule has 0 heterocycles. The molecular weight excluding hydrogens is 148 g/mol. The fourth-order valence-electron chi connectivity index (χ4n) is 1.30. The molecule has 0 radical (unpaired) electrons. The van der Waals surface area contributed by atoms with Crippen LogP contribution >= 0.6 is 0 Å². The largest absolute Gasteiger partial charge is 0.398 e. The first-order valence-corrected chi connectivity index (χ1v) is 3.87. The number of nitrogen functional groups attached to an aromatic ring is 1. The SMILES string of the molecule is Cc1cc(C)c(N)c(CC#N)c1. The minimum Gasteiger partial charge on any atom is -0.398 e. The van der Waals surface area contributed by atoms with Crippen LogP contribution in [0.3, 0.4) is 0 Å². The number of hydrogen-bond acceptors (Lipinski definition) is 2. The zero-order valence-electron chi connectivity index (χ0n) is 7.39. The highest BCUT2D eigenvalue weighted by molar-refractivity contribution is 5.55. The van der Waals surface area contributed by atoms with Crippen LogP contribution in [0.1, 0.15) is 16.7 Å². The van der Waals surface area contributed by atoms with Crippen molar-refractivity contribution in [3.05, 3.63) is 28.8 Å². The first kappa shape index (κ1) is 8.61. The van der Waals surface area contributed by atoms with Crippen molar-refractivity contribution < 1.29 is 0 Å². The lowest BCUT2D eigenvalue weighted by molar-refractivity contribution is 1.23. The molecule has 0 bridgehead atoms. The Morgan fingerprint density at radius 3 is 2.67 bits per heavy atom. The van der Waals surface area contributed by atoms with E-state index >= 15 is 0 Å². The molecule has 0 aliphatic carbocycles. The number of rotatable bonds is 1. The van der Waals surface area contributed by atoms with E-state index in [9.17, 15) is 0 Å². The molecule has 0 aliphatic rings. The van der Waals surface area contributed by atoms with Gasteiger partial charge in [-0.2, -0.15) is 5.26 Å². The maximum absolute atomic E-state index is 8.52. The summed E-state index contributed by atoms with van der Waals surface area (Å²) in [6.45, 7) is 3.97. The highest BCUT2D eigenvalue weighted by Crippen LogP contribution is 2.19. The first-order valence-electron chi connectivity index (χ1n) is 3.87. The normalized spacial score (nSPS) is 9.42. The lowest BCUT2D eigenvalue weighted by atomic mass is 10.0. The van der Waals surface area contributed by atoms with E-state index in [1.54, 1.807) is 0 Å². The maximum Gasteiger partial charge on any atom is 0.0670 e. The van der Waals surface area contributed by atoms with Crippen molar-refractivity contribution in [2.75, 3.05) is 5.73 Å². The minimum atomic E-state index is 0.397. The molecule has 0 atom stereocenters. The van der Waals surface area contributed by atoms with Gasteiger partial charge < -0.3 is 5.73 Å². The number of aryl methyl sites for hydroxylation is 2. The summed E-state index contributed by atoms with van der Waals surface area (Å²) in [4.78, 5) is 0. The predicted molar refractivity (Wildman–Crippen MR) is 49.6 cm³/mol. The van der Waals surface area contributed by atoms with Crippen LogP contribution in [0.4, 0.5) is 5.69 Å². The molecular formula is C10H12N2. The van der Waals surface area contributed by atoms with Crippen LogP contribution in [0.25, 0.3) is 0 Å². The maximum atomic E-state index is 8.52. The Balaban J connectivity index is 3.20. The summed E-state index contributed by atoms with van der Waals surface area (Å²) >= 11 is 0. The molecule has 1 aromatic rings. The van der Waals surface area contributed by atoms with Gasteiger partial charge in [-0.15, -0.1) is 0 Å². The van der Waals surface area contributed by atoms with E-state index < -0.39 is 0 Å². The summed E-state index contributed by atoms with van der Waals surface area (Å²) in [5.74, 6) is 0. The van der Waals surface area contributed by atoms with Gasteiger partial charge >= 0.3 is 0 Å². The molecule has 62 valence electrons. The van der Waals surface area contributed by atoms with Gasteiger partial charge in [0.25, 0.3) is 0 Å². The van der Waals surface area contributed by atoms with Gasteiger partial charge in [0.1, 0.15) is 0 Å². The number of hydrogen-bond donors (Lipinski definition) is 1. The van der Waals surface area contributed by atoms with Crippen molar-refractivity contribution in [2.45, 2.75) is 20.3 Å². The molecule has 0 aliphatic heterocycles. The van der Waals surface area contributed by atoms with Gasteiger partial charge in [-0.25, -0.2) is 0 Å². The van der Waals surface area contributed by atoms with Crippen molar-refractivity contribution in [1.29, 1.82) is 5.26 Å². The fraction of sp³-hybridized carbons (Fsp3) is 0.300. The Kier molecular flexibility index (Phi) is 2.35. The molecule has 1 rings (SSSR count). The standard InChI is InChI=1S/C10H12N2/c1-7-5-8(2)10(12)9(6-7)3-4-11/h5-6H,3,12H2,1-2H3. The number of benzene rings is 1. The molecule has 0 unspecified atom stereocenters. The van der Waals surface area contributed by atoms with E-state index in [2.05, 4.69) is 6.07 Å². The van der Waals surface area contributed by atoms with Crippen LogP contribution in [-0.4, -0.2) is 0 Å². The van der Waals surface area contributed by atoms with Crippen molar-refractivity contribution in [2.24, 2.45) is 0 Å². The molecule has 1 aromatic carbocycles. The Labute approximate surface area is 72.6 Å². The summed E-state index contributed by atoms with van der Waals surface area (Å²) in [7, 11) is 0. The Bertz CT molecular complexity index is 334. The molecule has 0 spiro atoms. The van der Waals surface area contributed by atoms with Gasteiger partial charge in [-0.05, 0) is 25.0 Å². The topological polar surface area (TPSA) is 49.8 Å². The monoisotopic (exact) mass is 160 g/mol. The van der Waals surface area contributed by atoms with Gasteiger partial charge in [-0.1, -0.05) is 17.7 Å². The zero-order valence-corrected chi connectivity index (χ0v) is 7.39. The second-order valence-electron chi connectivity index (χ2n) is 2.99. The van der Waals surface area contributed by atoms with E-state index in [0.29, 0.717) is 6.42 Å². The van der Waals surface area contributed by atoms with Gasteiger partial charge in [0, 0.05) is 5.69 Å². The predicted octanol–water partition coefficient (Wildman–Crippen LogP) is 1.95. The van der Waals surface area contributed by atoms with Crippen LogP contribution < -0.4 is 5.73 Å². The zero-order chi connectivity index (χ0) is 9.14. The average molecular weight is 160 g/mol. The third-order valence-corrected chi connectivity index (χ3v) is 1.89. The summed E-state index contributed by atoms with van der Waals surface area (Å²) in [5.41, 5.74) is 9.69.